The molecule has 0 aliphatic rings. The van der Waals surface area contributed by atoms with Crippen molar-refractivity contribution in [3.8, 4) is 0 Å². The first kappa shape index (κ1) is 14.9. The van der Waals surface area contributed by atoms with E-state index in [1.54, 1.807) is 12.1 Å². The molecule has 0 saturated carbocycles. The molecule has 2 aromatic carbocycles. The van der Waals surface area contributed by atoms with Crippen molar-refractivity contribution >= 4 is 40.0 Å². The minimum absolute atomic E-state index is 0.433. The lowest BCUT2D eigenvalue weighted by Gasteiger charge is -2.12. The molecule has 0 aliphatic carbocycles. The minimum Gasteiger partial charge on any atom is -0.366 e. The van der Waals surface area contributed by atoms with Crippen LogP contribution in [0, 0.1) is 6.92 Å². The molecule has 0 saturated heterocycles. The molecule has 112 valence electrons. The van der Waals surface area contributed by atoms with E-state index >= 15 is 0 Å². The molecule has 3 aromatic rings. The summed E-state index contributed by atoms with van der Waals surface area (Å²) in [5.41, 5.74) is 8.65. The highest BCUT2D eigenvalue weighted by Gasteiger charge is 2.18. The number of amides is 1. The molecule has 1 amide bonds. The summed E-state index contributed by atoms with van der Waals surface area (Å²) < 4.78 is 2.02. The predicted octanol–water partition coefficient (Wildman–Crippen LogP) is 4.40. The van der Waals surface area contributed by atoms with Gasteiger partial charge in [0.05, 0.1) is 12.1 Å². The zero-order valence-corrected chi connectivity index (χ0v) is 13.4. The fourth-order valence-electron chi connectivity index (χ4n) is 2.79. The van der Waals surface area contributed by atoms with E-state index in [2.05, 4.69) is 0 Å². The number of nitrogens with zero attached hydrogens (tertiary/aromatic N) is 1. The molecular formula is C17H14Cl2N2O. The smallest absolute Gasteiger partial charge is 0.251 e. The second-order valence-corrected chi connectivity index (χ2v) is 5.94. The van der Waals surface area contributed by atoms with Crippen LogP contribution in [0.3, 0.4) is 0 Å². The van der Waals surface area contributed by atoms with Gasteiger partial charge in [0.15, 0.2) is 0 Å². The Hall–Kier alpha value is -1.97. The SMILES string of the molecule is Cc1c(C(N)=O)c2ccccc2n1Cc1c(Cl)cccc1Cl. The van der Waals surface area contributed by atoms with Crippen LogP contribution in [0.5, 0.6) is 0 Å². The number of carbonyl (C=O) groups excluding carboxylic acids is 1. The molecule has 3 rings (SSSR count). The number of halogens is 2. The van der Waals surface area contributed by atoms with Crippen molar-refractivity contribution in [2.24, 2.45) is 5.73 Å². The summed E-state index contributed by atoms with van der Waals surface area (Å²) in [6.07, 6.45) is 0. The van der Waals surface area contributed by atoms with Crippen molar-refractivity contribution in [3.63, 3.8) is 0 Å². The van der Waals surface area contributed by atoms with Crippen LogP contribution in [0.25, 0.3) is 10.9 Å². The monoisotopic (exact) mass is 332 g/mol. The van der Waals surface area contributed by atoms with E-state index in [1.165, 1.54) is 0 Å². The van der Waals surface area contributed by atoms with Gasteiger partial charge in [-0.05, 0) is 25.1 Å². The Labute approximate surface area is 138 Å². The predicted molar refractivity (Wildman–Crippen MR) is 90.8 cm³/mol. The molecule has 0 radical (unpaired) electrons. The molecule has 5 heteroatoms. The van der Waals surface area contributed by atoms with E-state index in [0.717, 1.165) is 22.2 Å². The average Bonchev–Trinajstić information content (AvgIpc) is 2.75. The first-order chi connectivity index (χ1) is 10.5. The Morgan fingerprint density at radius 3 is 2.36 bits per heavy atom. The van der Waals surface area contributed by atoms with Crippen molar-refractivity contribution in [1.29, 1.82) is 0 Å². The molecule has 0 spiro atoms. The van der Waals surface area contributed by atoms with Crippen LogP contribution in [0.4, 0.5) is 0 Å². The van der Waals surface area contributed by atoms with E-state index in [1.807, 2.05) is 41.8 Å². The Kier molecular flexibility index (Phi) is 3.85. The van der Waals surface area contributed by atoms with Gasteiger partial charge in [-0.15, -0.1) is 0 Å². The zero-order chi connectivity index (χ0) is 15.9. The van der Waals surface area contributed by atoms with Gasteiger partial charge in [0.2, 0.25) is 0 Å². The normalized spacial score (nSPS) is 11.0. The van der Waals surface area contributed by atoms with Crippen LogP contribution in [-0.4, -0.2) is 10.5 Å². The Balaban J connectivity index is 2.24. The van der Waals surface area contributed by atoms with E-state index in [0.29, 0.717) is 22.2 Å². The van der Waals surface area contributed by atoms with Crippen molar-refractivity contribution in [2.75, 3.05) is 0 Å². The lowest BCUT2D eigenvalue weighted by Crippen LogP contribution is -2.13. The third kappa shape index (κ3) is 2.36. The molecule has 2 N–H and O–H groups in total. The average molecular weight is 333 g/mol. The Morgan fingerprint density at radius 2 is 1.73 bits per heavy atom. The molecule has 1 aromatic heterocycles. The number of benzene rings is 2. The molecule has 0 atom stereocenters. The summed E-state index contributed by atoms with van der Waals surface area (Å²) >= 11 is 12.5. The second kappa shape index (κ2) is 5.67. The van der Waals surface area contributed by atoms with E-state index in [9.17, 15) is 4.79 Å². The van der Waals surface area contributed by atoms with E-state index < -0.39 is 5.91 Å². The number of fused-ring (bicyclic) bond motifs is 1. The second-order valence-electron chi connectivity index (χ2n) is 5.13. The molecule has 0 bridgehead atoms. The minimum atomic E-state index is -0.433. The van der Waals surface area contributed by atoms with Crippen molar-refractivity contribution in [3.05, 3.63) is 69.3 Å². The number of carbonyl (C=O) groups is 1. The highest BCUT2D eigenvalue weighted by Crippen LogP contribution is 2.30. The van der Waals surface area contributed by atoms with Crippen LogP contribution in [-0.2, 0) is 6.54 Å². The summed E-state index contributed by atoms with van der Waals surface area (Å²) in [4.78, 5) is 11.8. The van der Waals surface area contributed by atoms with Crippen molar-refractivity contribution in [1.82, 2.24) is 4.57 Å². The maximum absolute atomic E-state index is 11.8. The van der Waals surface area contributed by atoms with Gasteiger partial charge in [0.25, 0.3) is 5.91 Å². The first-order valence-electron chi connectivity index (χ1n) is 6.81. The van der Waals surface area contributed by atoms with Gasteiger partial charge < -0.3 is 10.3 Å². The third-order valence-electron chi connectivity index (χ3n) is 3.86. The summed E-state index contributed by atoms with van der Waals surface area (Å²) in [6.45, 7) is 2.36. The Morgan fingerprint density at radius 1 is 1.09 bits per heavy atom. The van der Waals surface area contributed by atoms with Crippen LogP contribution < -0.4 is 5.73 Å². The maximum Gasteiger partial charge on any atom is 0.251 e. The Bertz CT molecular complexity index is 863. The summed E-state index contributed by atoms with van der Waals surface area (Å²) in [7, 11) is 0. The van der Waals surface area contributed by atoms with E-state index in [-0.39, 0.29) is 0 Å². The van der Waals surface area contributed by atoms with Gasteiger partial charge in [-0.1, -0.05) is 47.5 Å². The number of para-hydroxylation sites is 1. The van der Waals surface area contributed by atoms with E-state index in [4.69, 9.17) is 28.9 Å². The summed E-state index contributed by atoms with van der Waals surface area (Å²) in [5, 5.41) is 2.05. The molecule has 0 aliphatic heterocycles. The summed E-state index contributed by atoms with van der Waals surface area (Å²) in [6, 6.07) is 13.1. The van der Waals surface area contributed by atoms with Crippen LogP contribution in [0.1, 0.15) is 21.6 Å². The van der Waals surface area contributed by atoms with Crippen molar-refractivity contribution < 1.29 is 4.79 Å². The highest BCUT2D eigenvalue weighted by atomic mass is 35.5. The van der Waals surface area contributed by atoms with Crippen molar-refractivity contribution in [2.45, 2.75) is 13.5 Å². The van der Waals surface area contributed by atoms with Crippen LogP contribution >= 0.6 is 23.2 Å². The van der Waals surface area contributed by atoms with Gasteiger partial charge >= 0.3 is 0 Å². The summed E-state index contributed by atoms with van der Waals surface area (Å²) in [5.74, 6) is -0.433. The standard InChI is InChI=1S/C17H14Cl2N2O/c1-10-16(17(20)22)11-5-2-3-8-15(11)21(10)9-12-13(18)6-4-7-14(12)19/h2-8H,9H2,1H3,(H2,20,22). The number of aromatic nitrogens is 1. The molecular weight excluding hydrogens is 319 g/mol. The molecule has 22 heavy (non-hydrogen) atoms. The fourth-order valence-corrected chi connectivity index (χ4v) is 3.30. The van der Waals surface area contributed by atoms with Gasteiger partial charge in [-0.3, -0.25) is 4.79 Å². The van der Waals surface area contributed by atoms with Gasteiger partial charge in [0, 0.05) is 32.2 Å². The zero-order valence-electron chi connectivity index (χ0n) is 11.9. The van der Waals surface area contributed by atoms with Crippen LogP contribution in [0.2, 0.25) is 10.0 Å². The lowest BCUT2D eigenvalue weighted by molar-refractivity contribution is 0.100. The molecule has 0 fully saturated rings. The maximum atomic E-state index is 11.8. The molecule has 0 unspecified atom stereocenters. The number of primary amides is 1. The largest absolute Gasteiger partial charge is 0.366 e. The lowest BCUT2D eigenvalue weighted by atomic mass is 10.1. The number of rotatable bonds is 3. The number of nitrogens with two attached hydrogens (primary N) is 1. The highest BCUT2D eigenvalue weighted by molar-refractivity contribution is 6.36. The quantitative estimate of drug-likeness (QED) is 0.758. The molecule has 1 heterocycles. The number of hydrogen-bond donors (Lipinski definition) is 1. The van der Waals surface area contributed by atoms with Gasteiger partial charge in [-0.2, -0.15) is 0 Å². The molecule has 3 nitrogen and oxygen atoms in total. The van der Waals surface area contributed by atoms with Gasteiger partial charge in [0.1, 0.15) is 0 Å². The topological polar surface area (TPSA) is 48.0 Å². The van der Waals surface area contributed by atoms with Gasteiger partial charge in [-0.25, -0.2) is 0 Å². The third-order valence-corrected chi connectivity index (χ3v) is 4.56. The number of hydrogen-bond acceptors (Lipinski definition) is 1. The van der Waals surface area contributed by atoms with Crippen LogP contribution in [0.15, 0.2) is 42.5 Å². The first-order valence-corrected chi connectivity index (χ1v) is 7.57. The fraction of sp³-hybridized carbons (Fsp3) is 0.118.